The Morgan fingerprint density at radius 2 is 0.888 bits per heavy atom. The van der Waals surface area contributed by atoms with Crippen molar-refractivity contribution in [2.75, 3.05) is 0 Å². The van der Waals surface area contributed by atoms with Crippen molar-refractivity contribution in [2.24, 2.45) is 28.2 Å². The number of thiophene rings is 2. The molecule has 15 aromatic rings. The molecule has 20 heteroatoms. The van der Waals surface area contributed by atoms with Gasteiger partial charge in [0.15, 0.2) is 0 Å². The maximum atomic E-state index is 5.42. The molecule has 0 amide bonds. The number of aromatic nitrogens is 9. The molecule has 0 saturated heterocycles. The van der Waals surface area contributed by atoms with Crippen molar-refractivity contribution in [3.8, 4) is 112 Å². The predicted octanol–water partition coefficient (Wildman–Crippen LogP) is 17.4. The standard InChI is InChI=1S/C15H14N3.2C14H11N2S.C13H8NO2.C13H8NOS.5Ir/c1-17-10-8-13(15-16-9-11-18(15)2)14(17)12-6-4-3-5-7-12;1-16-9-7-12(14-15-8-10-17-14)13(16)11-5-3-2-4-6-11;1-16-8-7-15-14(16)13-10-17-9-12(13)11-5-3-2-4-6-11;1-2-4-10(5-3-1)12-11(6-8-15-12)13-14-7-9-16-13;1-2-4-10(5-3-1)12-11(6-9-16-12)13-14-7-8-15-13;;;;;/h3-7,9-11H,1-2H3;2-6,8-10H,1H3;2-9H,1H3;2*1-5,7-9H;;;;;/q5*-1;;;;;. The van der Waals surface area contributed by atoms with Gasteiger partial charge in [-0.15, -0.1) is 33.7 Å². The molecule has 0 atom stereocenters. The maximum absolute atomic E-state index is 5.42. The molecular weight excluding hydrogens is 2060 g/mol. The predicted molar refractivity (Wildman–Crippen MR) is 336 cm³/mol. The van der Waals surface area contributed by atoms with Crippen LogP contribution >= 0.6 is 34.0 Å². The monoisotopic (exact) mass is 2120 g/mol. The van der Waals surface area contributed by atoms with Crippen LogP contribution in [-0.4, -0.2) is 43.2 Å². The Balaban J connectivity index is 0.000000175. The Labute approximate surface area is 596 Å². The van der Waals surface area contributed by atoms with Crippen LogP contribution in [0.25, 0.3) is 112 Å². The molecule has 0 spiro atoms. The third-order valence-corrected chi connectivity index (χ3v) is 15.5. The molecule has 5 radical (unpaired) electrons. The third kappa shape index (κ3) is 17.5. The van der Waals surface area contributed by atoms with Crippen molar-refractivity contribution in [2.45, 2.75) is 0 Å². The van der Waals surface area contributed by atoms with Crippen LogP contribution in [0.5, 0.6) is 0 Å². The van der Waals surface area contributed by atoms with Crippen LogP contribution < -0.4 is 0 Å². The van der Waals surface area contributed by atoms with Crippen molar-refractivity contribution in [1.82, 2.24) is 43.2 Å². The topological polar surface area (TPSA) is 124 Å². The van der Waals surface area contributed by atoms with Crippen LogP contribution in [0.1, 0.15) is 0 Å². The number of rotatable bonds is 10. The molecule has 10 heterocycles. The van der Waals surface area contributed by atoms with E-state index in [0.29, 0.717) is 11.8 Å². The normalized spacial score (nSPS) is 10.0. The molecule has 0 aliphatic rings. The van der Waals surface area contributed by atoms with Gasteiger partial charge in [-0.05, 0) is 32.1 Å². The fraction of sp³-hybridized carbons (Fsp3) is 0.0580. The van der Waals surface area contributed by atoms with E-state index >= 15 is 0 Å². The number of nitrogens with zero attached hydrogens (tertiary/aromatic N) is 9. The molecule has 10 aromatic heterocycles. The summed E-state index contributed by atoms with van der Waals surface area (Å²) >= 11 is 4.88. The molecule has 0 N–H and O–H groups in total. The number of aryl methyl sites for hydroxylation is 4. The van der Waals surface area contributed by atoms with E-state index in [1.807, 2.05) is 182 Å². The van der Waals surface area contributed by atoms with E-state index in [1.54, 1.807) is 52.7 Å². The SMILES string of the molecule is Cn1c[c-]c(-c2nccs2)c1-c1ccccc1.Cn1ccnc1-c1[c-]cn(C)c1-c1ccccc1.Cn1ccnc1-c1[c-]scc1-c1ccccc1.[Ir].[Ir].[Ir].[Ir].[Ir].[c-]1coc(-c2ccccc2)c1-c1ncco1.[c-]1csc(-c2ccccc2)c1-c1ncco1. The quantitative estimate of drug-likeness (QED) is 0.124. The van der Waals surface area contributed by atoms with E-state index in [1.165, 1.54) is 46.0 Å². The maximum Gasteiger partial charge on any atom is 0.114 e. The van der Waals surface area contributed by atoms with E-state index in [-0.39, 0.29) is 101 Å². The first-order chi connectivity index (χ1) is 41.4. The number of oxazole rings is 2. The summed E-state index contributed by atoms with van der Waals surface area (Å²) < 4.78 is 24.2. The molecule has 0 unspecified atom stereocenters. The average molecular weight is 2110 g/mol. The van der Waals surface area contributed by atoms with E-state index in [4.69, 9.17) is 13.3 Å². The molecule has 15 rings (SSSR count). The Hall–Kier alpha value is -6.94. The number of benzene rings is 5. The van der Waals surface area contributed by atoms with Gasteiger partial charge in [0.1, 0.15) is 11.8 Å². The first-order valence-electron chi connectivity index (χ1n) is 26.4. The second kappa shape index (κ2) is 35.4. The molecule has 0 bridgehead atoms. The summed E-state index contributed by atoms with van der Waals surface area (Å²) in [6.07, 6.45) is 21.1. The second-order valence-corrected chi connectivity index (χ2v) is 21.0. The van der Waals surface area contributed by atoms with E-state index in [2.05, 4.69) is 130 Å². The zero-order valence-electron chi connectivity index (χ0n) is 47.7. The summed E-state index contributed by atoms with van der Waals surface area (Å²) in [6.45, 7) is 0. The molecule has 89 heavy (non-hydrogen) atoms. The van der Waals surface area contributed by atoms with Gasteiger partial charge in [0.25, 0.3) is 0 Å². The summed E-state index contributed by atoms with van der Waals surface area (Å²) in [7, 11) is 8.07. The largest absolute Gasteiger partial charge is 0.535 e. The van der Waals surface area contributed by atoms with E-state index in [0.717, 1.165) is 66.4 Å². The fourth-order valence-corrected chi connectivity index (χ4v) is 11.4. The Bertz CT molecular complexity index is 4270. The Morgan fingerprint density at radius 1 is 0.404 bits per heavy atom. The molecule has 0 fully saturated rings. The first-order valence-corrected chi connectivity index (χ1v) is 29.1. The minimum atomic E-state index is 0. The van der Waals surface area contributed by atoms with Crippen molar-refractivity contribution >= 4 is 34.0 Å². The summed E-state index contributed by atoms with van der Waals surface area (Å²) in [4.78, 5) is 22.5. The third-order valence-electron chi connectivity index (χ3n) is 13.1. The van der Waals surface area contributed by atoms with Crippen molar-refractivity contribution in [3.05, 3.63) is 272 Å². The van der Waals surface area contributed by atoms with Crippen LogP contribution in [0.2, 0.25) is 0 Å². The summed E-state index contributed by atoms with van der Waals surface area (Å²) in [5.41, 5.74) is 14.1. The zero-order chi connectivity index (χ0) is 57.5. The van der Waals surface area contributed by atoms with Crippen LogP contribution in [0.15, 0.2) is 256 Å². The zero-order valence-corrected chi connectivity index (χ0v) is 62.2. The van der Waals surface area contributed by atoms with Crippen LogP contribution in [0.4, 0.5) is 0 Å². The van der Waals surface area contributed by atoms with Gasteiger partial charge in [-0.2, -0.15) is 29.5 Å². The molecule has 459 valence electrons. The van der Waals surface area contributed by atoms with Crippen molar-refractivity contribution in [3.63, 3.8) is 0 Å². The molecule has 12 nitrogen and oxygen atoms in total. The number of thiazole rings is 1. The molecule has 0 aliphatic carbocycles. The number of hydrogen-bond donors (Lipinski definition) is 0. The number of furan rings is 1. The van der Waals surface area contributed by atoms with Gasteiger partial charge in [-0.1, -0.05) is 224 Å². The van der Waals surface area contributed by atoms with Crippen LogP contribution in [0, 0.1) is 29.6 Å². The van der Waals surface area contributed by atoms with Gasteiger partial charge < -0.3 is 41.5 Å². The number of imidazole rings is 2. The summed E-state index contributed by atoms with van der Waals surface area (Å²) in [5, 5.41) is 10.4. The average Bonchev–Trinajstić information content (AvgIpc) is 1.92. The number of hydrogen-bond acceptors (Lipinski definition) is 11. The minimum Gasteiger partial charge on any atom is -0.535 e. The van der Waals surface area contributed by atoms with Gasteiger partial charge in [-0.3, -0.25) is 26.3 Å². The summed E-state index contributed by atoms with van der Waals surface area (Å²) in [6, 6.07) is 63.8. The molecule has 0 saturated carbocycles. The van der Waals surface area contributed by atoms with Crippen molar-refractivity contribution < 1.29 is 114 Å². The van der Waals surface area contributed by atoms with Gasteiger partial charge in [0, 0.05) is 174 Å². The smallest absolute Gasteiger partial charge is 0.114 e. The Morgan fingerprint density at radius 3 is 1.38 bits per heavy atom. The summed E-state index contributed by atoms with van der Waals surface area (Å²) in [5.74, 6) is 3.77. The second-order valence-electron chi connectivity index (χ2n) is 18.6. The van der Waals surface area contributed by atoms with E-state index in [9.17, 15) is 0 Å². The Kier molecular flexibility index (Phi) is 28.3. The van der Waals surface area contributed by atoms with Gasteiger partial charge in [-0.25, -0.2) is 11.3 Å². The minimum absolute atomic E-state index is 0. The van der Waals surface area contributed by atoms with Crippen molar-refractivity contribution in [1.29, 1.82) is 0 Å². The fourth-order valence-electron chi connectivity index (χ4n) is 9.14. The van der Waals surface area contributed by atoms with Crippen LogP contribution in [-0.2, 0) is 129 Å². The van der Waals surface area contributed by atoms with E-state index < -0.39 is 0 Å². The molecular formula is C69H52Ir5N9O3S3-5. The van der Waals surface area contributed by atoms with Gasteiger partial charge in [0.05, 0.1) is 18.4 Å². The molecule has 5 aromatic carbocycles. The van der Waals surface area contributed by atoms with Crippen LogP contribution in [0.3, 0.4) is 0 Å². The molecule has 0 aliphatic heterocycles. The van der Waals surface area contributed by atoms with Gasteiger partial charge >= 0.3 is 0 Å². The van der Waals surface area contributed by atoms with Gasteiger partial charge in [0.2, 0.25) is 0 Å². The first kappa shape index (κ1) is 71.1.